The fourth-order valence-electron chi connectivity index (χ4n) is 1.84. The highest BCUT2D eigenvalue weighted by Gasteiger charge is 2.14. The van der Waals surface area contributed by atoms with Gasteiger partial charge in [-0.25, -0.2) is 18.2 Å². The van der Waals surface area contributed by atoms with E-state index in [4.69, 9.17) is 5.73 Å². The number of nitrogens with two attached hydrogens (primary N) is 1. The highest BCUT2D eigenvalue weighted by molar-refractivity contribution is 5.81. The van der Waals surface area contributed by atoms with Gasteiger partial charge >= 0.3 is 0 Å². The van der Waals surface area contributed by atoms with Crippen molar-refractivity contribution in [1.29, 1.82) is 0 Å². The van der Waals surface area contributed by atoms with E-state index in [1.54, 1.807) is 18.2 Å². The molecular weight excluding hydrogens is 269 g/mol. The fraction of sp³-hybridized carbons (Fsp3) is 0. The Hall–Kier alpha value is -2.70. The minimum absolute atomic E-state index is 0.204. The number of rotatable bonds is 2. The summed E-state index contributed by atoms with van der Waals surface area (Å²) >= 11 is 0. The topological polar surface area (TPSA) is 66.7 Å². The molecule has 102 valence electrons. The summed E-state index contributed by atoms with van der Waals surface area (Å²) < 4.78 is 39.5. The molecule has 0 unspecified atom stereocenters. The maximum absolute atomic E-state index is 13.5. The normalized spacial score (nSPS) is 10.9. The van der Waals surface area contributed by atoms with Gasteiger partial charge in [0.1, 0.15) is 0 Å². The van der Waals surface area contributed by atoms with Crippen molar-refractivity contribution in [3.63, 3.8) is 0 Å². The number of hydrogen-bond acceptors (Lipinski definition) is 3. The number of imidazole rings is 1. The lowest BCUT2D eigenvalue weighted by atomic mass is 10.3. The Bertz CT molecular complexity index is 798. The predicted molar refractivity (Wildman–Crippen MR) is 70.1 cm³/mol. The molecule has 0 bridgehead atoms. The Labute approximate surface area is 111 Å². The molecule has 4 nitrogen and oxygen atoms in total. The highest BCUT2D eigenvalue weighted by Crippen LogP contribution is 2.24. The molecule has 3 aromatic rings. The molecule has 0 saturated heterocycles. The van der Waals surface area contributed by atoms with Gasteiger partial charge in [0.2, 0.25) is 5.95 Å². The van der Waals surface area contributed by atoms with E-state index in [9.17, 15) is 13.2 Å². The maximum atomic E-state index is 13.5. The molecule has 0 saturated carbocycles. The van der Waals surface area contributed by atoms with Crippen molar-refractivity contribution in [2.75, 3.05) is 11.1 Å². The third-order valence-electron chi connectivity index (χ3n) is 2.79. The number of fused-ring (bicyclic) bond motifs is 1. The summed E-state index contributed by atoms with van der Waals surface area (Å²) in [4.78, 5) is 7.00. The number of hydrogen-bond donors (Lipinski definition) is 3. The summed E-state index contributed by atoms with van der Waals surface area (Å²) in [7, 11) is 0. The minimum atomic E-state index is -1.53. The number of aromatic amines is 1. The average Bonchev–Trinajstić information content (AvgIpc) is 2.81. The van der Waals surface area contributed by atoms with Gasteiger partial charge in [-0.2, -0.15) is 0 Å². The van der Waals surface area contributed by atoms with Gasteiger partial charge in [0.25, 0.3) is 0 Å². The van der Waals surface area contributed by atoms with E-state index in [-0.39, 0.29) is 11.6 Å². The van der Waals surface area contributed by atoms with E-state index in [0.29, 0.717) is 16.7 Å². The standard InChI is InChI=1S/C13H9F3N4/c14-7-2-4-9(12(16)11(7)15)19-13-18-8-3-1-6(17)5-10(8)20-13/h1-5H,17H2,(H2,18,19,20). The Morgan fingerprint density at radius 3 is 2.65 bits per heavy atom. The molecule has 20 heavy (non-hydrogen) atoms. The fourth-order valence-corrected chi connectivity index (χ4v) is 1.84. The molecule has 0 amide bonds. The Morgan fingerprint density at radius 2 is 1.85 bits per heavy atom. The van der Waals surface area contributed by atoms with Gasteiger partial charge < -0.3 is 16.0 Å². The molecule has 2 aromatic carbocycles. The molecule has 0 aliphatic heterocycles. The maximum Gasteiger partial charge on any atom is 0.205 e. The van der Waals surface area contributed by atoms with Gasteiger partial charge in [-0.1, -0.05) is 0 Å². The van der Waals surface area contributed by atoms with Gasteiger partial charge in [-0.05, 0) is 30.3 Å². The van der Waals surface area contributed by atoms with Crippen LogP contribution in [0.25, 0.3) is 11.0 Å². The van der Waals surface area contributed by atoms with Crippen LogP contribution in [0.2, 0.25) is 0 Å². The number of benzene rings is 2. The lowest BCUT2D eigenvalue weighted by Crippen LogP contribution is -1.99. The van der Waals surface area contributed by atoms with Crippen LogP contribution in [0, 0.1) is 17.5 Å². The second-order valence-corrected chi connectivity index (χ2v) is 4.21. The second-order valence-electron chi connectivity index (χ2n) is 4.21. The first kappa shape index (κ1) is 12.3. The van der Waals surface area contributed by atoms with Crippen LogP contribution in [0.4, 0.5) is 30.5 Å². The first-order valence-corrected chi connectivity index (χ1v) is 5.70. The molecule has 0 spiro atoms. The Morgan fingerprint density at radius 1 is 1.05 bits per heavy atom. The molecule has 0 fully saturated rings. The van der Waals surface area contributed by atoms with Gasteiger partial charge in [0.05, 0.1) is 16.7 Å². The van der Waals surface area contributed by atoms with Crippen LogP contribution in [0.5, 0.6) is 0 Å². The van der Waals surface area contributed by atoms with E-state index >= 15 is 0 Å². The highest BCUT2D eigenvalue weighted by atomic mass is 19.2. The Balaban J connectivity index is 1.99. The van der Waals surface area contributed by atoms with Gasteiger partial charge in [-0.3, -0.25) is 0 Å². The lowest BCUT2D eigenvalue weighted by molar-refractivity contribution is 0.449. The molecule has 1 heterocycles. The number of halogens is 3. The van der Waals surface area contributed by atoms with Crippen LogP contribution in [0.15, 0.2) is 30.3 Å². The van der Waals surface area contributed by atoms with Crippen molar-refractivity contribution in [3.8, 4) is 0 Å². The number of nitrogens with zero attached hydrogens (tertiary/aromatic N) is 1. The summed E-state index contributed by atoms with van der Waals surface area (Å²) in [6.07, 6.45) is 0. The zero-order valence-electron chi connectivity index (χ0n) is 10.0. The zero-order valence-corrected chi connectivity index (χ0v) is 10.0. The molecule has 1 aromatic heterocycles. The summed E-state index contributed by atoms with van der Waals surface area (Å²) in [6, 6.07) is 6.95. The summed E-state index contributed by atoms with van der Waals surface area (Å²) in [5.41, 5.74) is 7.23. The minimum Gasteiger partial charge on any atom is -0.399 e. The molecule has 7 heteroatoms. The van der Waals surface area contributed by atoms with Crippen molar-refractivity contribution in [1.82, 2.24) is 9.97 Å². The van der Waals surface area contributed by atoms with E-state index in [1.807, 2.05) is 0 Å². The molecule has 0 radical (unpaired) electrons. The van der Waals surface area contributed by atoms with Crippen LogP contribution < -0.4 is 11.1 Å². The number of nitrogens with one attached hydrogen (secondary N) is 2. The van der Waals surface area contributed by atoms with Crippen molar-refractivity contribution in [3.05, 3.63) is 47.8 Å². The van der Waals surface area contributed by atoms with Crippen LogP contribution in [0.1, 0.15) is 0 Å². The van der Waals surface area contributed by atoms with E-state index < -0.39 is 17.5 Å². The van der Waals surface area contributed by atoms with Crippen LogP contribution in [-0.2, 0) is 0 Å². The quantitative estimate of drug-likeness (QED) is 0.497. The van der Waals surface area contributed by atoms with E-state index in [1.165, 1.54) is 0 Å². The zero-order chi connectivity index (χ0) is 14.3. The van der Waals surface area contributed by atoms with Crippen LogP contribution in [-0.4, -0.2) is 9.97 Å². The first-order valence-electron chi connectivity index (χ1n) is 5.70. The predicted octanol–water partition coefficient (Wildman–Crippen LogP) is 3.31. The van der Waals surface area contributed by atoms with E-state index in [0.717, 1.165) is 12.1 Å². The van der Waals surface area contributed by atoms with Crippen molar-refractivity contribution in [2.45, 2.75) is 0 Å². The number of aromatic nitrogens is 2. The lowest BCUT2D eigenvalue weighted by Gasteiger charge is -2.05. The second kappa shape index (κ2) is 4.44. The number of nitrogen functional groups attached to an aromatic ring is 1. The van der Waals surface area contributed by atoms with Crippen LogP contribution in [0.3, 0.4) is 0 Å². The molecule has 0 atom stereocenters. The molecule has 3 rings (SSSR count). The summed E-state index contributed by atoms with van der Waals surface area (Å²) in [5.74, 6) is -3.87. The van der Waals surface area contributed by atoms with Crippen molar-refractivity contribution < 1.29 is 13.2 Å². The Kier molecular flexibility index (Phi) is 2.74. The van der Waals surface area contributed by atoms with Crippen LogP contribution >= 0.6 is 0 Å². The number of anilines is 3. The smallest absolute Gasteiger partial charge is 0.205 e. The molecule has 0 aliphatic rings. The first-order chi connectivity index (χ1) is 9.54. The third-order valence-corrected chi connectivity index (χ3v) is 2.79. The average molecular weight is 278 g/mol. The van der Waals surface area contributed by atoms with Gasteiger partial charge in [0, 0.05) is 5.69 Å². The number of H-pyrrole nitrogens is 1. The summed E-state index contributed by atoms with van der Waals surface area (Å²) in [5, 5.41) is 2.56. The molecular formula is C13H9F3N4. The molecule has 4 N–H and O–H groups in total. The molecule has 0 aliphatic carbocycles. The largest absolute Gasteiger partial charge is 0.399 e. The van der Waals surface area contributed by atoms with Crippen molar-refractivity contribution >= 4 is 28.4 Å². The van der Waals surface area contributed by atoms with Crippen molar-refractivity contribution in [2.24, 2.45) is 0 Å². The van der Waals surface area contributed by atoms with Gasteiger partial charge in [-0.15, -0.1) is 0 Å². The monoisotopic (exact) mass is 278 g/mol. The third kappa shape index (κ3) is 2.03. The summed E-state index contributed by atoms with van der Waals surface area (Å²) in [6.45, 7) is 0. The van der Waals surface area contributed by atoms with Gasteiger partial charge in [0.15, 0.2) is 17.5 Å². The SMILES string of the molecule is Nc1ccc2nc(Nc3ccc(F)c(F)c3F)[nH]c2c1. The van der Waals surface area contributed by atoms with E-state index in [2.05, 4.69) is 15.3 Å².